The first-order valence-corrected chi connectivity index (χ1v) is 11.3. The van der Waals surface area contributed by atoms with E-state index in [0.29, 0.717) is 22.5 Å². The fourth-order valence-electron chi connectivity index (χ4n) is 4.03. The third-order valence-corrected chi connectivity index (χ3v) is 6.19. The van der Waals surface area contributed by atoms with Crippen molar-refractivity contribution in [1.29, 1.82) is 0 Å². The van der Waals surface area contributed by atoms with Gasteiger partial charge >= 0.3 is 0 Å². The standard InChI is InChI=1S/C25H25ClN6O/c1-31-12-14-32(15-13-31)21-11-10-20(24(29-21)33-2)28-25-27-16-18-8-9-19(26)22(23(18)30-25)17-6-4-3-5-7-17/h3-11,16H,12-15H2,1-2H3,(H,27,28,30). The molecular formula is C25H25ClN6O. The van der Waals surface area contributed by atoms with Gasteiger partial charge in [0.15, 0.2) is 0 Å². The Bertz CT molecular complexity index is 1270. The molecule has 1 saturated heterocycles. The Labute approximate surface area is 198 Å². The quantitative estimate of drug-likeness (QED) is 0.456. The molecule has 4 aromatic rings. The van der Waals surface area contributed by atoms with Crippen molar-refractivity contribution >= 4 is 40.0 Å². The predicted octanol–water partition coefficient (Wildman–Crippen LogP) is 4.85. The van der Waals surface area contributed by atoms with Crippen molar-refractivity contribution in [3.05, 3.63) is 65.8 Å². The van der Waals surface area contributed by atoms with E-state index in [1.165, 1.54) is 0 Å². The van der Waals surface area contributed by atoms with Crippen LogP contribution >= 0.6 is 11.6 Å². The fourth-order valence-corrected chi connectivity index (χ4v) is 4.29. The second kappa shape index (κ2) is 9.21. The van der Waals surface area contributed by atoms with Crippen LogP contribution in [0.2, 0.25) is 5.02 Å². The summed E-state index contributed by atoms with van der Waals surface area (Å²) in [6.07, 6.45) is 1.80. The number of fused-ring (bicyclic) bond motifs is 1. The SMILES string of the molecule is COc1nc(N2CCN(C)CC2)ccc1Nc1ncc2ccc(Cl)c(-c3ccccc3)c2n1. The number of piperazine rings is 1. The monoisotopic (exact) mass is 460 g/mol. The number of rotatable bonds is 5. The van der Waals surface area contributed by atoms with E-state index < -0.39 is 0 Å². The van der Waals surface area contributed by atoms with Gasteiger partial charge in [-0.3, -0.25) is 0 Å². The van der Waals surface area contributed by atoms with Crippen LogP contribution < -0.4 is 15.0 Å². The van der Waals surface area contributed by atoms with E-state index in [0.717, 1.165) is 54.0 Å². The van der Waals surface area contributed by atoms with Gasteiger partial charge < -0.3 is 19.9 Å². The van der Waals surface area contributed by atoms with Crippen LogP contribution in [0.4, 0.5) is 17.5 Å². The largest absolute Gasteiger partial charge is 0.479 e. The number of ether oxygens (including phenoxy) is 1. The van der Waals surface area contributed by atoms with Crippen LogP contribution in [0.5, 0.6) is 5.88 Å². The number of hydrogen-bond acceptors (Lipinski definition) is 7. The molecule has 0 unspecified atom stereocenters. The van der Waals surface area contributed by atoms with Gasteiger partial charge in [-0.25, -0.2) is 9.97 Å². The third kappa shape index (κ3) is 4.42. The summed E-state index contributed by atoms with van der Waals surface area (Å²) in [6.45, 7) is 3.91. The highest BCUT2D eigenvalue weighted by Crippen LogP contribution is 2.35. The van der Waals surface area contributed by atoms with E-state index in [1.54, 1.807) is 13.3 Å². The second-order valence-corrected chi connectivity index (χ2v) is 8.47. The highest BCUT2D eigenvalue weighted by atomic mass is 35.5. The molecule has 2 aromatic carbocycles. The molecule has 0 radical (unpaired) electrons. The van der Waals surface area contributed by atoms with Crippen molar-refractivity contribution in [2.24, 2.45) is 0 Å². The summed E-state index contributed by atoms with van der Waals surface area (Å²) >= 11 is 6.58. The van der Waals surface area contributed by atoms with Gasteiger partial charge in [-0.05, 0) is 36.9 Å². The zero-order valence-electron chi connectivity index (χ0n) is 18.6. The molecule has 5 rings (SSSR count). The molecule has 0 amide bonds. The van der Waals surface area contributed by atoms with Gasteiger partial charge in [0, 0.05) is 43.3 Å². The van der Waals surface area contributed by atoms with E-state index in [-0.39, 0.29) is 0 Å². The average molecular weight is 461 g/mol. The van der Waals surface area contributed by atoms with Crippen LogP contribution in [0.3, 0.4) is 0 Å². The molecule has 0 saturated carbocycles. The van der Waals surface area contributed by atoms with Crippen LogP contribution in [-0.4, -0.2) is 60.2 Å². The van der Waals surface area contributed by atoms with Crippen LogP contribution in [-0.2, 0) is 0 Å². The average Bonchev–Trinajstić information content (AvgIpc) is 2.85. The maximum Gasteiger partial charge on any atom is 0.239 e. The molecular weight excluding hydrogens is 436 g/mol. The van der Waals surface area contributed by atoms with Crippen LogP contribution in [0.15, 0.2) is 60.8 Å². The number of likely N-dealkylation sites (N-methyl/N-ethyl adjacent to an activating group) is 1. The third-order valence-electron chi connectivity index (χ3n) is 5.88. The van der Waals surface area contributed by atoms with Gasteiger partial charge in [-0.15, -0.1) is 0 Å². The van der Waals surface area contributed by atoms with Crippen LogP contribution in [0.25, 0.3) is 22.0 Å². The summed E-state index contributed by atoms with van der Waals surface area (Å²) in [7, 11) is 3.76. The lowest BCUT2D eigenvalue weighted by molar-refractivity contribution is 0.311. The molecule has 0 aliphatic carbocycles. The van der Waals surface area contributed by atoms with Crippen LogP contribution in [0, 0.1) is 0 Å². The molecule has 1 fully saturated rings. The molecule has 0 spiro atoms. The van der Waals surface area contributed by atoms with Crippen molar-refractivity contribution < 1.29 is 4.74 Å². The summed E-state index contributed by atoms with van der Waals surface area (Å²) in [6, 6.07) is 17.8. The van der Waals surface area contributed by atoms with E-state index in [1.807, 2.05) is 54.6 Å². The normalized spacial score (nSPS) is 14.5. The highest BCUT2D eigenvalue weighted by molar-refractivity contribution is 6.34. The van der Waals surface area contributed by atoms with E-state index >= 15 is 0 Å². The number of halogens is 1. The maximum absolute atomic E-state index is 6.58. The second-order valence-electron chi connectivity index (χ2n) is 8.06. The molecule has 0 bridgehead atoms. The number of nitrogens with one attached hydrogen (secondary N) is 1. The molecule has 33 heavy (non-hydrogen) atoms. The number of nitrogens with zero attached hydrogens (tertiary/aromatic N) is 5. The molecule has 2 aromatic heterocycles. The zero-order valence-corrected chi connectivity index (χ0v) is 19.4. The van der Waals surface area contributed by atoms with Crippen molar-refractivity contribution in [1.82, 2.24) is 19.9 Å². The van der Waals surface area contributed by atoms with Gasteiger partial charge in [-0.1, -0.05) is 41.9 Å². The topological polar surface area (TPSA) is 66.4 Å². The minimum atomic E-state index is 0.453. The van der Waals surface area contributed by atoms with Crippen molar-refractivity contribution in [3.63, 3.8) is 0 Å². The Morgan fingerprint density at radius 3 is 2.48 bits per heavy atom. The Morgan fingerprint density at radius 1 is 0.939 bits per heavy atom. The van der Waals surface area contributed by atoms with Crippen molar-refractivity contribution in [2.75, 3.05) is 50.6 Å². The minimum Gasteiger partial charge on any atom is -0.479 e. The maximum atomic E-state index is 6.58. The number of methoxy groups -OCH3 is 1. The highest BCUT2D eigenvalue weighted by Gasteiger charge is 2.18. The number of benzene rings is 2. The van der Waals surface area contributed by atoms with E-state index in [2.05, 4.69) is 27.1 Å². The number of hydrogen-bond donors (Lipinski definition) is 1. The Balaban J connectivity index is 1.48. The molecule has 1 aliphatic rings. The van der Waals surface area contributed by atoms with Crippen molar-refractivity contribution in [2.45, 2.75) is 0 Å². The molecule has 8 heteroatoms. The molecule has 1 N–H and O–H groups in total. The number of aromatic nitrogens is 3. The van der Waals surface area contributed by atoms with Gasteiger partial charge in [0.2, 0.25) is 11.8 Å². The van der Waals surface area contributed by atoms with Crippen molar-refractivity contribution in [3.8, 4) is 17.0 Å². The molecule has 7 nitrogen and oxygen atoms in total. The summed E-state index contributed by atoms with van der Waals surface area (Å²) in [5, 5.41) is 4.83. The summed E-state index contributed by atoms with van der Waals surface area (Å²) < 4.78 is 5.58. The van der Waals surface area contributed by atoms with Gasteiger partial charge in [0.25, 0.3) is 0 Å². The first kappa shape index (κ1) is 21.4. The lowest BCUT2D eigenvalue weighted by atomic mass is 10.0. The van der Waals surface area contributed by atoms with Gasteiger partial charge in [-0.2, -0.15) is 4.98 Å². The summed E-state index contributed by atoms with van der Waals surface area (Å²) in [4.78, 5) is 18.6. The smallest absolute Gasteiger partial charge is 0.239 e. The lowest BCUT2D eigenvalue weighted by Crippen LogP contribution is -2.44. The van der Waals surface area contributed by atoms with Crippen LogP contribution in [0.1, 0.15) is 0 Å². The van der Waals surface area contributed by atoms with Gasteiger partial charge in [0.05, 0.1) is 17.6 Å². The number of pyridine rings is 1. The van der Waals surface area contributed by atoms with E-state index in [9.17, 15) is 0 Å². The number of anilines is 3. The summed E-state index contributed by atoms with van der Waals surface area (Å²) in [5.74, 6) is 1.86. The summed E-state index contributed by atoms with van der Waals surface area (Å²) in [5.41, 5.74) is 3.38. The predicted molar refractivity (Wildman–Crippen MR) is 134 cm³/mol. The first-order valence-electron chi connectivity index (χ1n) is 10.9. The Kier molecular flexibility index (Phi) is 5.98. The van der Waals surface area contributed by atoms with Gasteiger partial charge in [0.1, 0.15) is 11.5 Å². The minimum absolute atomic E-state index is 0.453. The molecule has 1 aliphatic heterocycles. The fraction of sp³-hybridized carbons (Fsp3) is 0.240. The van der Waals surface area contributed by atoms with E-state index in [4.69, 9.17) is 26.3 Å². The molecule has 3 heterocycles. The Morgan fingerprint density at radius 2 is 1.73 bits per heavy atom. The Hall–Kier alpha value is -3.42. The lowest BCUT2D eigenvalue weighted by Gasteiger charge is -2.33. The zero-order chi connectivity index (χ0) is 22.8. The molecule has 168 valence electrons. The first-order chi connectivity index (χ1) is 16.1. The molecule has 0 atom stereocenters.